The maximum Gasteiger partial charge on any atom is 0.471 e. The molecule has 1 N–H and O–H groups in total. The number of imide groups is 1. The van der Waals surface area contributed by atoms with E-state index in [9.17, 15) is 27.6 Å². The molecule has 0 unspecified atom stereocenters. The SMILES string of the molecule is CC1=C(C)C(=O)N(Nc2cc(CN3CCN(C(=O)C(F)(F)F)CC3)c3ccc(Br)cc3n2)C1=O. The van der Waals surface area contributed by atoms with Crippen molar-refractivity contribution in [3.8, 4) is 0 Å². The number of piperazine rings is 1. The lowest BCUT2D eigenvalue weighted by Crippen LogP contribution is -2.52. The van der Waals surface area contributed by atoms with Crippen LogP contribution in [0.5, 0.6) is 0 Å². The molecule has 0 atom stereocenters. The van der Waals surface area contributed by atoms with E-state index in [1.165, 1.54) is 0 Å². The van der Waals surface area contributed by atoms with Crippen LogP contribution in [0.3, 0.4) is 0 Å². The number of rotatable bonds is 4. The third-order valence-corrected chi connectivity index (χ3v) is 6.48. The number of benzene rings is 1. The van der Waals surface area contributed by atoms with Crippen molar-refractivity contribution in [3.63, 3.8) is 0 Å². The zero-order chi connectivity index (χ0) is 24.8. The summed E-state index contributed by atoms with van der Waals surface area (Å²) in [5, 5.41) is 1.74. The van der Waals surface area contributed by atoms with Crippen molar-refractivity contribution in [1.82, 2.24) is 19.8 Å². The Hall–Kier alpha value is -2.99. The van der Waals surface area contributed by atoms with Gasteiger partial charge in [0.2, 0.25) is 0 Å². The zero-order valence-corrected chi connectivity index (χ0v) is 20.0. The van der Waals surface area contributed by atoms with E-state index in [0.29, 0.717) is 23.2 Å². The van der Waals surface area contributed by atoms with Crippen LogP contribution >= 0.6 is 15.9 Å². The minimum absolute atomic E-state index is 0.0288. The second-order valence-corrected chi connectivity index (χ2v) is 9.12. The molecule has 2 aliphatic heterocycles. The summed E-state index contributed by atoms with van der Waals surface area (Å²) in [6.07, 6.45) is -4.88. The molecule has 0 bridgehead atoms. The predicted octanol–water partition coefficient (Wildman–Crippen LogP) is 3.24. The van der Waals surface area contributed by atoms with Gasteiger partial charge in [0, 0.05) is 53.7 Å². The number of hydrazine groups is 1. The molecule has 1 saturated heterocycles. The Bertz CT molecular complexity index is 1200. The fraction of sp³-hybridized carbons (Fsp3) is 0.364. The maximum atomic E-state index is 12.7. The van der Waals surface area contributed by atoms with E-state index in [0.717, 1.165) is 25.3 Å². The fourth-order valence-corrected chi connectivity index (χ4v) is 4.30. The topological polar surface area (TPSA) is 85.8 Å². The first-order chi connectivity index (χ1) is 16.0. The monoisotopic (exact) mass is 539 g/mol. The van der Waals surface area contributed by atoms with E-state index < -0.39 is 23.9 Å². The number of pyridine rings is 1. The summed E-state index contributed by atoms with van der Waals surface area (Å²) in [7, 11) is 0. The zero-order valence-electron chi connectivity index (χ0n) is 18.4. The van der Waals surface area contributed by atoms with Crippen LogP contribution in [0.4, 0.5) is 19.0 Å². The van der Waals surface area contributed by atoms with Crippen LogP contribution in [0.25, 0.3) is 10.9 Å². The minimum Gasteiger partial charge on any atom is -0.332 e. The molecule has 1 fully saturated rings. The number of alkyl halides is 3. The highest BCUT2D eigenvalue weighted by molar-refractivity contribution is 9.10. The van der Waals surface area contributed by atoms with Gasteiger partial charge in [0.1, 0.15) is 5.82 Å². The van der Waals surface area contributed by atoms with Gasteiger partial charge in [-0.2, -0.15) is 18.2 Å². The normalized spacial score (nSPS) is 17.8. The van der Waals surface area contributed by atoms with E-state index in [4.69, 9.17) is 0 Å². The molecule has 0 aliphatic carbocycles. The Balaban J connectivity index is 1.56. The first kappa shape index (κ1) is 24.1. The first-order valence-electron chi connectivity index (χ1n) is 10.5. The highest BCUT2D eigenvalue weighted by Crippen LogP contribution is 2.28. The summed E-state index contributed by atoms with van der Waals surface area (Å²) in [6.45, 7) is 4.04. The van der Waals surface area contributed by atoms with Crippen LogP contribution in [0.1, 0.15) is 19.4 Å². The Morgan fingerprint density at radius 3 is 2.26 bits per heavy atom. The molecule has 3 heterocycles. The standard InChI is InChI=1S/C22H21BrF3N5O3/c1-12-13(2)20(33)31(19(12)32)28-18-9-14(16-4-3-15(23)10-17(16)27-18)11-29-5-7-30(8-6-29)21(34)22(24,25)26/h3-4,9-10H,5-8,11H2,1-2H3,(H,27,28). The average molecular weight is 540 g/mol. The van der Waals surface area contributed by atoms with E-state index in [1.54, 1.807) is 26.0 Å². The molecule has 2 aromatic rings. The number of hydrogen-bond donors (Lipinski definition) is 1. The van der Waals surface area contributed by atoms with Crippen LogP contribution in [0.15, 0.2) is 39.9 Å². The van der Waals surface area contributed by atoms with E-state index >= 15 is 0 Å². The second-order valence-electron chi connectivity index (χ2n) is 8.20. The number of halogens is 4. The average Bonchev–Trinajstić information content (AvgIpc) is 2.96. The van der Waals surface area contributed by atoms with Gasteiger partial charge in [-0.1, -0.05) is 22.0 Å². The molecule has 0 spiro atoms. The Morgan fingerprint density at radius 1 is 1.06 bits per heavy atom. The lowest BCUT2D eigenvalue weighted by Gasteiger charge is -2.35. The molecule has 34 heavy (non-hydrogen) atoms. The predicted molar refractivity (Wildman–Crippen MR) is 121 cm³/mol. The molecule has 0 saturated carbocycles. The molecular formula is C22H21BrF3N5O3. The van der Waals surface area contributed by atoms with Crippen molar-refractivity contribution < 1.29 is 27.6 Å². The number of amides is 3. The van der Waals surface area contributed by atoms with Crippen molar-refractivity contribution in [1.29, 1.82) is 0 Å². The van der Waals surface area contributed by atoms with Gasteiger partial charge in [0.25, 0.3) is 11.8 Å². The quantitative estimate of drug-likeness (QED) is 0.600. The van der Waals surface area contributed by atoms with Crippen molar-refractivity contribution in [2.24, 2.45) is 0 Å². The Labute approximate surface area is 201 Å². The third kappa shape index (κ3) is 4.64. The summed E-state index contributed by atoms with van der Waals surface area (Å²) < 4.78 is 39.0. The third-order valence-electron chi connectivity index (χ3n) is 5.99. The van der Waals surface area contributed by atoms with E-state index in [2.05, 4.69) is 26.3 Å². The van der Waals surface area contributed by atoms with Gasteiger partial charge in [-0.3, -0.25) is 24.7 Å². The first-order valence-corrected chi connectivity index (χ1v) is 11.3. The van der Waals surface area contributed by atoms with Gasteiger partial charge in [-0.25, -0.2) is 4.98 Å². The van der Waals surface area contributed by atoms with Gasteiger partial charge in [-0.05, 0) is 37.6 Å². The van der Waals surface area contributed by atoms with Crippen LogP contribution in [0.2, 0.25) is 0 Å². The molecule has 4 rings (SSSR count). The molecule has 180 valence electrons. The van der Waals surface area contributed by atoms with Crippen molar-refractivity contribution in [2.45, 2.75) is 26.6 Å². The van der Waals surface area contributed by atoms with Crippen molar-refractivity contribution in [3.05, 3.63) is 45.4 Å². The smallest absolute Gasteiger partial charge is 0.332 e. The lowest BCUT2D eigenvalue weighted by atomic mass is 10.1. The molecule has 1 aromatic carbocycles. The Kier molecular flexibility index (Phi) is 6.38. The fourth-order valence-electron chi connectivity index (χ4n) is 3.96. The highest BCUT2D eigenvalue weighted by atomic mass is 79.9. The lowest BCUT2D eigenvalue weighted by molar-refractivity contribution is -0.187. The summed E-state index contributed by atoms with van der Waals surface area (Å²) in [5.41, 5.74) is 4.93. The van der Waals surface area contributed by atoms with Gasteiger partial charge in [0.05, 0.1) is 5.52 Å². The van der Waals surface area contributed by atoms with Crippen LogP contribution < -0.4 is 5.43 Å². The van der Waals surface area contributed by atoms with E-state index in [1.807, 2.05) is 17.0 Å². The Morgan fingerprint density at radius 2 is 1.68 bits per heavy atom. The van der Waals surface area contributed by atoms with Crippen LogP contribution in [-0.4, -0.2) is 69.9 Å². The maximum absolute atomic E-state index is 12.7. The van der Waals surface area contributed by atoms with Crippen LogP contribution in [-0.2, 0) is 20.9 Å². The number of aromatic nitrogens is 1. The largest absolute Gasteiger partial charge is 0.471 e. The minimum atomic E-state index is -4.88. The number of nitrogens with one attached hydrogen (secondary N) is 1. The van der Waals surface area contributed by atoms with Crippen molar-refractivity contribution in [2.75, 3.05) is 31.6 Å². The molecule has 1 aromatic heterocycles. The summed E-state index contributed by atoms with van der Waals surface area (Å²) >= 11 is 3.41. The van der Waals surface area contributed by atoms with Gasteiger partial charge >= 0.3 is 12.1 Å². The van der Waals surface area contributed by atoms with E-state index in [-0.39, 0.29) is 32.0 Å². The molecule has 3 amide bonds. The molecule has 12 heteroatoms. The highest BCUT2D eigenvalue weighted by Gasteiger charge is 2.43. The number of anilines is 1. The van der Waals surface area contributed by atoms with Gasteiger partial charge < -0.3 is 4.90 Å². The summed E-state index contributed by atoms with van der Waals surface area (Å²) in [4.78, 5) is 43.7. The van der Waals surface area contributed by atoms with Gasteiger partial charge in [-0.15, -0.1) is 0 Å². The second kappa shape index (κ2) is 8.99. The van der Waals surface area contributed by atoms with Gasteiger partial charge in [0.15, 0.2) is 0 Å². The van der Waals surface area contributed by atoms with Crippen LogP contribution in [0, 0.1) is 0 Å². The number of carbonyl (C=O) groups is 3. The van der Waals surface area contributed by atoms with Crippen molar-refractivity contribution >= 4 is 50.4 Å². The number of carbonyl (C=O) groups excluding carboxylic acids is 3. The molecule has 0 radical (unpaired) electrons. The number of fused-ring (bicyclic) bond motifs is 1. The summed E-state index contributed by atoms with van der Waals surface area (Å²) in [6, 6.07) is 7.24. The number of nitrogens with zero attached hydrogens (tertiary/aromatic N) is 4. The number of hydrogen-bond acceptors (Lipinski definition) is 6. The molecule has 8 nitrogen and oxygen atoms in total. The molecular weight excluding hydrogens is 519 g/mol. The molecule has 2 aliphatic rings. The summed E-state index contributed by atoms with van der Waals surface area (Å²) in [5.74, 6) is -2.44.